The van der Waals surface area contributed by atoms with Crippen LogP contribution in [0.5, 0.6) is 17.2 Å². The molecule has 2 aromatic rings. The highest BCUT2D eigenvalue weighted by atomic mass is 16.6. The molecule has 1 heterocycles. The number of ether oxygens (including phenoxy) is 4. The first kappa shape index (κ1) is 22.6. The SMILES string of the molecule is COc1ccc(-c2cccc3c2CNC3=O)c(OCC2(OC(=O)CC3CCCC3)CC2)c1OC. The molecule has 3 aliphatic rings. The van der Waals surface area contributed by atoms with Crippen molar-refractivity contribution in [3.63, 3.8) is 0 Å². The Hall–Kier alpha value is -3.22. The lowest BCUT2D eigenvalue weighted by Gasteiger charge is -2.22. The highest BCUT2D eigenvalue weighted by molar-refractivity contribution is 6.01. The minimum absolute atomic E-state index is 0.0779. The summed E-state index contributed by atoms with van der Waals surface area (Å²) in [4.78, 5) is 24.8. The van der Waals surface area contributed by atoms with Crippen LogP contribution in [0.25, 0.3) is 11.1 Å². The second-order valence-electron chi connectivity index (χ2n) is 9.49. The molecule has 2 aliphatic carbocycles. The quantitative estimate of drug-likeness (QED) is 0.543. The molecule has 1 N–H and O–H groups in total. The molecule has 5 rings (SSSR count). The summed E-state index contributed by atoms with van der Waals surface area (Å²) in [5, 5.41) is 2.89. The number of benzene rings is 2. The third-order valence-corrected chi connectivity index (χ3v) is 7.18. The summed E-state index contributed by atoms with van der Waals surface area (Å²) in [5.41, 5.74) is 2.71. The maximum absolute atomic E-state index is 12.6. The van der Waals surface area contributed by atoms with Crippen LogP contribution in [0.2, 0.25) is 0 Å². The van der Waals surface area contributed by atoms with Gasteiger partial charge in [-0.25, -0.2) is 0 Å². The van der Waals surface area contributed by atoms with E-state index >= 15 is 0 Å². The predicted octanol–water partition coefficient (Wildman–Crippen LogP) is 4.65. The maximum Gasteiger partial charge on any atom is 0.306 e. The summed E-state index contributed by atoms with van der Waals surface area (Å²) < 4.78 is 23.5. The van der Waals surface area contributed by atoms with Crippen LogP contribution in [-0.4, -0.2) is 38.3 Å². The maximum atomic E-state index is 12.6. The molecule has 0 bridgehead atoms. The van der Waals surface area contributed by atoms with E-state index in [-0.39, 0.29) is 18.5 Å². The van der Waals surface area contributed by atoms with Crippen molar-refractivity contribution in [2.75, 3.05) is 20.8 Å². The van der Waals surface area contributed by atoms with Gasteiger partial charge in [0.25, 0.3) is 5.91 Å². The number of esters is 1. The van der Waals surface area contributed by atoms with Crippen LogP contribution in [0.4, 0.5) is 0 Å². The minimum atomic E-state index is -0.586. The summed E-state index contributed by atoms with van der Waals surface area (Å²) in [6.07, 6.45) is 6.69. The standard InChI is InChI=1S/C27H31NO6/c1-31-22-11-10-19(18-8-5-9-20-21(18)15-28-26(20)30)24(25(22)32-2)33-16-27(12-13-27)34-23(29)14-17-6-3-4-7-17/h5,8-11,17H,3-4,6-7,12-16H2,1-2H3,(H,28,30). The Kier molecular flexibility index (Phi) is 6.11. The zero-order chi connectivity index (χ0) is 23.7. The molecular weight excluding hydrogens is 434 g/mol. The molecule has 0 spiro atoms. The van der Waals surface area contributed by atoms with Crippen molar-refractivity contribution in [1.82, 2.24) is 5.32 Å². The minimum Gasteiger partial charge on any atom is -0.493 e. The Labute approximate surface area is 199 Å². The van der Waals surface area contributed by atoms with Gasteiger partial charge in [0, 0.05) is 24.1 Å². The number of nitrogens with one attached hydrogen (secondary N) is 1. The summed E-state index contributed by atoms with van der Waals surface area (Å²) in [7, 11) is 3.15. The lowest BCUT2D eigenvalue weighted by molar-refractivity contribution is -0.154. The second kappa shape index (κ2) is 9.20. The molecule has 0 unspecified atom stereocenters. The van der Waals surface area contributed by atoms with E-state index in [4.69, 9.17) is 18.9 Å². The van der Waals surface area contributed by atoms with Crippen LogP contribution in [0, 0.1) is 5.92 Å². The highest BCUT2D eigenvalue weighted by Crippen LogP contribution is 2.48. The van der Waals surface area contributed by atoms with Gasteiger partial charge in [-0.3, -0.25) is 9.59 Å². The molecule has 2 aromatic carbocycles. The zero-order valence-corrected chi connectivity index (χ0v) is 19.8. The summed E-state index contributed by atoms with van der Waals surface area (Å²) >= 11 is 0. The third kappa shape index (κ3) is 4.31. The number of carbonyl (C=O) groups excluding carboxylic acids is 2. The number of rotatable bonds is 9. The number of fused-ring (bicyclic) bond motifs is 1. The van der Waals surface area contributed by atoms with Crippen LogP contribution < -0.4 is 19.5 Å². The molecule has 0 aromatic heterocycles. The van der Waals surface area contributed by atoms with Crippen molar-refractivity contribution in [2.24, 2.45) is 5.92 Å². The van der Waals surface area contributed by atoms with Gasteiger partial charge in [-0.2, -0.15) is 0 Å². The highest BCUT2D eigenvalue weighted by Gasteiger charge is 2.48. The van der Waals surface area contributed by atoms with Crippen molar-refractivity contribution < 1.29 is 28.5 Å². The molecule has 0 saturated heterocycles. The van der Waals surface area contributed by atoms with Crippen molar-refractivity contribution in [2.45, 2.75) is 57.1 Å². The van der Waals surface area contributed by atoms with Gasteiger partial charge in [-0.15, -0.1) is 0 Å². The predicted molar refractivity (Wildman–Crippen MR) is 126 cm³/mol. The van der Waals surface area contributed by atoms with Crippen molar-refractivity contribution in [1.29, 1.82) is 0 Å². The van der Waals surface area contributed by atoms with Crippen LogP contribution in [-0.2, 0) is 16.1 Å². The third-order valence-electron chi connectivity index (χ3n) is 7.18. The fourth-order valence-electron chi connectivity index (χ4n) is 5.11. The Morgan fingerprint density at radius 2 is 1.76 bits per heavy atom. The number of carbonyl (C=O) groups is 2. The van der Waals surface area contributed by atoms with Gasteiger partial charge in [0.2, 0.25) is 5.75 Å². The molecule has 2 fully saturated rings. The topological polar surface area (TPSA) is 83.1 Å². The summed E-state index contributed by atoms with van der Waals surface area (Å²) in [5.74, 6) is 1.79. The Bertz CT molecular complexity index is 1100. The molecule has 7 heteroatoms. The zero-order valence-electron chi connectivity index (χ0n) is 19.8. The Balaban J connectivity index is 1.41. The largest absolute Gasteiger partial charge is 0.493 e. The molecule has 34 heavy (non-hydrogen) atoms. The fraction of sp³-hybridized carbons (Fsp3) is 0.481. The normalized spacial score (nSPS) is 18.2. The van der Waals surface area contributed by atoms with E-state index in [0.717, 1.165) is 42.4 Å². The van der Waals surface area contributed by atoms with Crippen molar-refractivity contribution in [3.05, 3.63) is 41.5 Å². The molecule has 0 radical (unpaired) electrons. The van der Waals surface area contributed by atoms with Gasteiger partial charge in [0.05, 0.1) is 14.2 Å². The van der Waals surface area contributed by atoms with Gasteiger partial charge in [-0.05, 0) is 60.9 Å². The summed E-state index contributed by atoms with van der Waals surface area (Å²) in [6, 6.07) is 9.42. The van der Waals surface area contributed by atoms with Crippen molar-refractivity contribution in [3.8, 4) is 28.4 Å². The fourth-order valence-corrected chi connectivity index (χ4v) is 5.11. The number of methoxy groups -OCH3 is 2. The smallest absolute Gasteiger partial charge is 0.306 e. The molecule has 7 nitrogen and oxygen atoms in total. The average Bonchev–Trinajstić information content (AvgIpc) is 3.21. The molecular formula is C27H31NO6. The molecule has 2 saturated carbocycles. The monoisotopic (exact) mass is 465 g/mol. The average molecular weight is 466 g/mol. The number of hydrogen-bond donors (Lipinski definition) is 1. The van der Waals surface area contributed by atoms with Crippen LogP contribution in [0.1, 0.15) is 60.9 Å². The van der Waals surface area contributed by atoms with E-state index in [9.17, 15) is 9.59 Å². The lowest BCUT2D eigenvalue weighted by atomic mass is 9.95. The summed E-state index contributed by atoms with van der Waals surface area (Å²) in [6.45, 7) is 0.701. The van der Waals surface area contributed by atoms with E-state index in [1.54, 1.807) is 14.2 Å². The Morgan fingerprint density at radius 3 is 2.47 bits per heavy atom. The van der Waals surface area contributed by atoms with E-state index in [1.807, 2.05) is 30.3 Å². The van der Waals surface area contributed by atoms with E-state index in [0.29, 0.717) is 41.7 Å². The van der Waals surface area contributed by atoms with Gasteiger partial charge in [0.15, 0.2) is 11.5 Å². The molecule has 1 amide bonds. The first-order valence-electron chi connectivity index (χ1n) is 12.0. The van der Waals surface area contributed by atoms with Gasteiger partial charge in [0.1, 0.15) is 12.2 Å². The van der Waals surface area contributed by atoms with Crippen LogP contribution >= 0.6 is 0 Å². The molecule has 180 valence electrons. The van der Waals surface area contributed by atoms with E-state index < -0.39 is 5.60 Å². The molecule has 0 atom stereocenters. The van der Waals surface area contributed by atoms with Gasteiger partial charge < -0.3 is 24.3 Å². The van der Waals surface area contributed by atoms with Gasteiger partial charge >= 0.3 is 5.97 Å². The lowest BCUT2D eigenvalue weighted by Crippen LogP contribution is -2.28. The first-order valence-corrected chi connectivity index (χ1v) is 12.0. The van der Waals surface area contributed by atoms with E-state index in [2.05, 4.69) is 5.32 Å². The van der Waals surface area contributed by atoms with Crippen LogP contribution in [0.15, 0.2) is 30.3 Å². The number of amides is 1. The van der Waals surface area contributed by atoms with Gasteiger partial charge in [-0.1, -0.05) is 25.0 Å². The van der Waals surface area contributed by atoms with E-state index in [1.165, 1.54) is 12.8 Å². The Morgan fingerprint density at radius 1 is 1.00 bits per heavy atom. The van der Waals surface area contributed by atoms with Crippen LogP contribution in [0.3, 0.4) is 0 Å². The molecule has 1 aliphatic heterocycles. The number of hydrogen-bond acceptors (Lipinski definition) is 6. The second-order valence-corrected chi connectivity index (χ2v) is 9.49. The first-order chi connectivity index (χ1) is 16.5. The van der Waals surface area contributed by atoms with Crippen molar-refractivity contribution >= 4 is 11.9 Å².